The Labute approximate surface area is 200 Å². The average Bonchev–Trinajstić information content (AvgIpc) is 3.21. The van der Waals surface area contributed by atoms with Crippen LogP contribution in [0.1, 0.15) is 30.9 Å². The maximum atomic E-state index is 14.5. The van der Waals surface area contributed by atoms with Gasteiger partial charge in [-0.1, -0.05) is 6.07 Å². The highest BCUT2D eigenvalue weighted by Gasteiger charge is 2.31. The lowest BCUT2D eigenvalue weighted by atomic mass is 9.96. The van der Waals surface area contributed by atoms with E-state index in [1.165, 1.54) is 12.4 Å². The number of fused-ring (bicyclic) bond motifs is 1. The molecule has 0 radical (unpaired) electrons. The van der Waals surface area contributed by atoms with Crippen molar-refractivity contribution in [3.05, 3.63) is 53.7 Å². The number of carbonyl (C=O) groups is 1. The number of anilines is 1. The van der Waals surface area contributed by atoms with Crippen LogP contribution in [-0.2, 0) is 24.1 Å². The standard InChI is InChI=1S/C24H28F4N6O/c1-2-33(13-17-3-4-18(11-20(17)25)24(26,27)28)22-19-7-10-34(23(19)31-15-30-22)12-16-5-8-32(9-6-16)14-21(29)35/h3-4,7,10-11,15-16H,2,5-6,8-9,12-14H2,1H3,(H2,29,35). The number of amides is 1. The van der Waals surface area contributed by atoms with E-state index in [9.17, 15) is 22.4 Å². The predicted molar refractivity (Wildman–Crippen MR) is 124 cm³/mol. The third kappa shape index (κ3) is 5.72. The van der Waals surface area contributed by atoms with Gasteiger partial charge in [-0.2, -0.15) is 13.2 Å². The molecular weight excluding hydrogens is 464 g/mol. The van der Waals surface area contributed by atoms with Crippen LogP contribution in [0.3, 0.4) is 0 Å². The van der Waals surface area contributed by atoms with Gasteiger partial charge < -0.3 is 15.2 Å². The lowest BCUT2D eigenvalue weighted by Crippen LogP contribution is -2.40. The summed E-state index contributed by atoms with van der Waals surface area (Å²) in [5.41, 5.74) is 5.19. The van der Waals surface area contributed by atoms with Crippen molar-refractivity contribution in [2.24, 2.45) is 11.7 Å². The number of likely N-dealkylation sites (tertiary alicyclic amines) is 1. The second-order valence-corrected chi connectivity index (χ2v) is 8.91. The van der Waals surface area contributed by atoms with Crippen molar-refractivity contribution in [1.82, 2.24) is 19.4 Å². The molecule has 1 aliphatic heterocycles. The molecule has 0 aliphatic carbocycles. The minimum Gasteiger partial charge on any atom is -0.369 e. The fraction of sp³-hybridized carbons (Fsp3) is 0.458. The molecule has 1 amide bonds. The summed E-state index contributed by atoms with van der Waals surface area (Å²) in [5, 5.41) is 0.799. The van der Waals surface area contributed by atoms with E-state index in [-0.39, 0.29) is 24.6 Å². The van der Waals surface area contributed by atoms with Crippen molar-refractivity contribution in [3.63, 3.8) is 0 Å². The summed E-state index contributed by atoms with van der Waals surface area (Å²) in [7, 11) is 0. The Morgan fingerprint density at radius 2 is 1.94 bits per heavy atom. The van der Waals surface area contributed by atoms with E-state index >= 15 is 0 Å². The molecule has 188 valence electrons. The molecule has 0 bridgehead atoms. The molecule has 0 spiro atoms. The van der Waals surface area contributed by atoms with Crippen LogP contribution in [-0.4, -0.2) is 51.5 Å². The highest BCUT2D eigenvalue weighted by molar-refractivity contribution is 5.87. The number of hydrogen-bond donors (Lipinski definition) is 1. The summed E-state index contributed by atoms with van der Waals surface area (Å²) in [4.78, 5) is 23.9. The second kappa shape index (κ2) is 10.2. The van der Waals surface area contributed by atoms with Crippen molar-refractivity contribution in [2.75, 3.05) is 31.1 Å². The zero-order valence-electron chi connectivity index (χ0n) is 19.4. The number of hydrogen-bond acceptors (Lipinski definition) is 5. The normalized spacial score (nSPS) is 15.6. The monoisotopic (exact) mass is 492 g/mol. The summed E-state index contributed by atoms with van der Waals surface area (Å²) < 4.78 is 55.2. The molecule has 2 N–H and O–H groups in total. The van der Waals surface area contributed by atoms with Gasteiger partial charge in [0.25, 0.3) is 0 Å². The molecule has 3 aromatic rings. The van der Waals surface area contributed by atoms with Crippen LogP contribution in [0.2, 0.25) is 0 Å². The third-order valence-electron chi connectivity index (χ3n) is 6.50. The van der Waals surface area contributed by atoms with Gasteiger partial charge >= 0.3 is 6.18 Å². The van der Waals surface area contributed by atoms with E-state index in [4.69, 9.17) is 5.73 Å². The fourth-order valence-corrected chi connectivity index (χ4v) is 4.61. The number of halogens is 4. The van der Waals surface area contributed by atoms with Gasteiger partial charge in [-0.15, -0.1) is 0 Å². The largest absolute Gasteiger partial charge is 0.416 e. The van der Waals surface area contributed by atoms with E-state index in [0.717, 1.165) is 49.6 Å². The Balaban J connectivity index is 1.50. The van der Waals surface area contributed by atoms with Crippen molar-refractivity contribution in [3.8, 4) is 0 Å². The fourth-order valence-electron chi connectivity index (χ4n) is 4.61. The van der Waals surface area contributed by atoms with Gasteiger partial charge in [0.05, 0.1) is 17.5 Å². The Kier molecular flexibility index (Phi) is 7.25. The van der Waals surface area contributed by atoms with E-state index in [1.807, 2.05) is 24.1 Å². The number of alkyl halides is 3. The topological polar surface area (TPSA) is 80.3 Å². The van der Waals surface area contributed by atoms with Crippen LogP contribution in [0.25, 0.3) is 11.0 Å². The highest BCUT2D eigenvalue weighted by Crippen LogP contribution is 2.32. The highest BCUT2D eigenvalue weighted by atomic mass is 19.4. The van der Waals surface area contributed by atoms with Crippen molar-refractivity contribution < 1.29 is 22.4 Å². The Morgan fingerprint density at radius 3 is 2.57 bits per heavy atom. The van der Waals surface area contributed by atoms with Crippen LogP contribution in [0, 0.1) is 11.7 Å². The SMILES string of the molecule is CCN(Cc1ccc(C(F)(F)F)cc1F)c1ncnc2c1ccn2CC1CCN(CC(N)=O)CC1. The minimum atomic E-state index is -4.59. The summed E-state index contributed by atoms with van der Waals surface area (Å²) >= 11 is 0. The molecule has 4 rings (SSSR count). The number of rotatable bonds is 8. The van der Waals surface area contributed by atoms with Crippen molar-refractivity contribution in [1.29, 1.82) is 0 Å². The van der Waals surface area contributed by atoms with E-state index in [2.05, 4.69) is 19.4 Å². The first-order valence-electron chi connectivity index (χ1n) is 11.6. The van der Waals surface area contributed by atoms with Gasteiger partial charge in [0, 0.05) is 31.4 Å². The zero-order valence-corrected chi connectivity index (χ0v) is 19.4. The number of piperidine rings is 1. The molecule has 0 saturated carbocycles. The molecule has 1 aromatic carbocycles. The molecule has 0 atom stereocenters. The average molecular weight is 493 g/mol. The maximum Gasteiger partial charge on any atom is 0.416 e. The molecule has 11 heteroatoms. The zero-order chi connectivity index (χ0) is 25.2. The Morgan fingerprint density at radius 1 is 1.20 bits per heavy atom. The number of aromatic nitrogens is 3. The quantitative estimate of drug-likeness (QED) is 0.484. The summed E-state index contributed by atoms with van der Waals surface area (Å²) in [6.07, 6.45) is 0.697. The maximum absolute atomic E-state index is 14.5. The molecule has 1 fully saturated rings. The van der Waals surface area contributed by atoms with Gasteiger partial charge in [-0.05, 0) is 57.0 Å². The van der Waals surface area contributed by atoms with E-state index in [0.29, 0.717) is 24.3 Å². The van der Waals surface area contributed by atoms with Gasteiger partial charge in [-0.3, -0.25) is 9.69 Å². The van der Waals surface area contributed by atoms with E-state index < -0.39 is 17.6 Å². The molecule has 35 heavy (non-hydrogen) atoms. The molecule has 1 saturated heterocycles. The lowest BCUT2D eigenvalue weighted by molar-refractivity contribution is -0.137. The van der Waals surface area contributed by atoms with Crippen LogP contribution in [0.15, 0.2) is 36.8 Å². The van der Waals surface area contributed by atoms with Gasteiger partial charge in [0.1, 0.15) is 23.6 Å². The van der Waals surface area contributed by atoms with Gasteiger partial charge in [-0.25, -0.2) is 14.4 Å². The second-order valence-electron chi connectivity index (χ2n) is 8.91. The summed E-state index contributed by atoms with van der Waals surface area (Å²) in [5.74, 6) is -0.187. The molecule has 0 unspecified atom stereocenters. The molecular formula is C24H28F4N6O. The lowest BCUT2D eigenvalue weighted by Gasteiger charge is -2.31. The smallest absolute Gasteiger partial charge is 0.369 e. The third-order valence-corrected chi connectivity index (χ3v) is 6.50. The number of carbonyl (C=O) groups excluding carboxylic acids is 1. The summed E-state index contributed by atoms with van der Waals surface area (Å²) in [6, 6.07) is 4.52. The first kappa shape index (κ1) is 24.9. The molecule has 1 aliphatic rings. The van der Waals surface area contributed by atoms with Crippen molar-refractivity contribution >= 4 is 22.8 Å². The van der Waals surface area contributed by atoms with Crippen LogP contribution < -0.4 is 10.6 Å². The summed E-state index contributed by atoms with van der Waals surface area (Å²) in [6.45, 7) is 5.12. The predicted octanol–water partition coefficient (Wildman–Crippen LogP) is 3.81. The molecule has 3 heterocycles. The Bertz CT molecular complexity index is 1190. The number of nitrogens with zero attached hydrogens (tertiary/aromatic N) is 5. The molecule has 7 nitrogen and oxygen atoms in total. The number of nitrogens with two attached hydrogens (primary N) is 1. The van der Waals surface area contributed by atoms with Crippen LogP contribution >= 0.6 is 0 Å². The van der Waals surface area contributed by atoms with E-state index in [1.54, 1.807) is 0 Å². The minimum absolute atomic E-state index is 0.0795. The van der Waals surface area contributed by atoms with Crippen LogP contribution in [0.4, 0.5) is 23.4 Å². The first-order chi connectivity index (χ1) is 16.7. The Hall–Kier alpha value is -3.21. The first-order valence-corrected chi connectivity index (χ1v) is 11.6. The van der Waals surface area contributed by atoms with Crippen molar-refractivity contribution in [2.45, 2.75) is 39.0 Å². The number of benzene rings is 1. The number of primary amides is 1. The van der Waals surface area contributed by atoms with Crippen LogP contribution in [0.5, 0.6) is 0 Å². The molecule has 2 aromatic heterocycles. The van der Waals surface area contributed by atoms with Gasteiger partial charge in [0.15, 0.2) is 0 Å². The van der Waals surface area contributed by atoms with Gasteiger partial charge in [0.2, 0.25) is 5.91 Å².